The summed E-state index contributed by atoms with van der Waals surface area (Å²) in [5.74, 6) is -0.516. The van der Waals surface area contributed by atoms with E-state index in [1.165, 1.54) is 11.8 Å². The van der Waals surface area contributed by atoms with Crippen LogP contribution in [-0.4, -0.2) is 44.5 Å². The predicted octanol–water partition coefficient (Wildman–Crippen LogP) is 3.31. The number of rotatable bonds is 9. The molecule has 0 bridgehead atoms. The summed E-state index contributed by atoms with van der Waals surface area (Å²) in [5.41, 5.74) is -0.154. The van der Waals surface area contributed by atoms with Gasteiger partial charge in [0.1, 0.15) is 5.54 Å². The first kappa shape index (κ1) is 23.7. The fourth-order valence-corrected chi connectivity index (χ4v) is 3.36. The Morgan fingerprint density at radius 1 is 1.33 bits per heavy atom. The second-order valence-corrected chi connectivity index (χ2v) is 8.40. The lowest BCUT2D eigenvalue weighted by Gasteiger charge is -2.27. The van der Waals surface area contributed by atoms with E-state index in [1.807, 2.05) is 37.5 Å². The van der Waals surface area contributed by atoms with Gasteiger partial charge in [-0.15, -0.1) is 10.2 Å². The number of carbonyl (C=O) groups is 2. The van der Waals surface area contributed by atoms with Crippen molar-refractivity contribution in [1.82, 2.24) is 20.1 Å². The number of esters is 1. The molecule has 1 unspecified atom stereocenters. The van der Waals surface area contributed by atoms with Crippen LogP contribution in [-0.2, 0) is 20.9 Å². The fraction of sp³-hybridized carbons (Fsp3) is 0.450. The molecule has 1 aromatic carbocycles. The standard InChI is InChI=1S/C20H24ClN5O3S/c1-5-26-18(14-6-8-15(21)9-7-14)24-25-19(26)30-11-17(28)29-10-16(27)23-20(4,12-22)13(2)3/h6-9,13H,5,10-11H2,1-4H3,(H,23,27). The topological polar surface area (TPSA) is 110 Å². The van der Waals surface area contributed by atoms with E-state index in [4.69, 9.17) is 16.3 Å². The number of amides is 1. The summed E-state index contributed by atoms with van der Waals surface area (Å²) in [4.78, 5) is 24.0. The average Bonchev–Trinajstić information content (AvgIpc) is 3.13. The molecule has 0 aliphatic rings. The van der Waals surface area contributed by atoms with Crippen LogP contribution in [0, 0.1) is 17.2 Å². The highest BCUT2D eigenvalue weighted by Gasteiger charge is 2.30. The van der Waals surface area contributed by atoms with Crippen LogP contribution in [0.1, 0.15) is 27.7 Å². The highest BCUT2D eigenvalue weighted by molar-refractivity contribution is 7.99. The predicted molar refractivity (Wildman–Crippen MR) is 115 cm³/mol. The zero-order valence-electron chi connectivity index (χ0n) is 17.3. The zero-order chi connectivity index (χ0) is 22.3. The van der Waals surface area contributed by atoms with Crippen LogP contribution >= 0.6 is 23.4 Å². The molecule has 0 aliphatic heterocycles. The molecule has 0 saturated carbocycles. The van der Waals surface area contributed by atoms with Gasteiger partial charge < -0.3 is 14.6 Å². The Labute approximate surface area is 185 Å². The van der Waals surface area contributed by atoms with Crippen LogP contribution < -0.4 is 5.32 Å². The Bertz CT molecular complexity index is 939. The lowest BCUT2D eigenvalue weighted by molar-refractivity contribution is -0.146. The molecule has 1 N–H and O–H groups in total. The van der Waals surface area contributed by atoms with Gasteiger partial charge in [0.05, 0.1) is 11.8 Å². The number of nitriles is 1. The minimum Gasteiger partial charge on any atom is -0.455 e. The summed E-state index contributed by atoms with van der Waals surface area (Å²) < 4.78 is 6.90. The SMILES string of the molecule is CCn1c(SCC(=O)OCC(=O)NC(C)(C#N)C(C)C)nnc1-c1ccc(Cl)cc1. The van der Waals surface area contributed by atoms with Crippen molar-refractivity contribution in [3.8, 4) is 17.5 Å². The summed E-state index contributed by atoms with van der Waals surface area (Å²) >= 11 is 7.11. The normalized spacial score (nSPS) is 12.8. The summed E-state index contributed by atoms with van der Waals surface area (Å²) in [6.07, 6.45) is 0. The van der Waals surface area contributed by atoms with Crippen LogP contribution in [0.3, 0.4) is 0 Å². The molecule has 30 heavy (non-hydrogen) atoms. The summed E-state index contributed by atoms with van der Waals surface area (Å²) in [6, 6.07) is 9.33. The van der Waals surface area contributed by atoms with Crippen molar-refractivity contribution >= 4 is 35.2 Å². The number of thioether (sulfide) groups is 1. The number of hydrogen-bond acceptors (Lipinski definition) is 7. The molecule has 0 aliphatic carbocycles. The van der Waals surface area contributed by atoms with Crippen LogP contribution in [0.4, 0.5) is 0 Å². The number of nitrogens with one attached hydrogen (secondary N) is 1. The van der Waals surface area contributed by atoms with Crippen molar-refractivity contribution < 1.29 is 14.3 Å². The summed E-state index contributed by atoms with van der Waals surface area (Å²) in [6.45, 7) is 7.41. The Morgan fingerprint density at radius 2 is 2.00 bits per heavy atom. The molecule has 1 aromatic heterocycles. The highest BCUT2D eigenvalue weighted by atomic mass is 35.5. The minimum atomic E-state index is -1.02. The van der Waals surface area contributed by atoms with Crippen molar-refractivity contribution in [2.45, 2.75) is 44.9 Å². The largest absolute Gasteiger partial charge is 0.455 e. The first-order valence-corrected chi connectivity index (χ1v) is 10.8. The molecular formula is C20H24ClN5O3S. The smallest absolute Gasteiger partial charge is 0.316 e. The number of carbonyl (C=O) groups excluding carboxylic acids is 2. The number of hydrogen-bond donors (Lipinski definition) is 1. The molecule has 160 valence electrons. The third-order valence-electron chi connectivity index (χ3n) is 4.60. The van der Waals surface area contributed by atoms with E-state index >= 15 is 0 Å². The molecule has 2 rings (SSSR count). The van der Waals surface area contributed by atoms with E-state index in [-0.39, 0.29) is 11.7 Å². The monoisotopic (exact) mass is 449 g/mol. The molecule has 1 atom stereocenters. The van der Waals surface area contributed by atoms with E-state index in [0.29, 0.717) is 22.5 Å². The first-order valence-electron chi connectivity index (χ1n) is 9.40. The van der Waals surface area contributed by atoms with Crippen molar-refractivity contribution in [2.24, 2.45) is 5.92 Å². The highest BCUT2D eigenvalue weighted by Crippen LogP contribution is 2.25. The summed E-state index contributed by atoms with van der Waals surface area (Å²) in [7, 11) is 0. The van der Waals surface area contributed by atoms with Gasteiger partial charge in [0.15, 0.2) is 17.6 Å². The molecule has 0 saturated heterocycles. The van der Waals surface area contributed by atoms with E-state index in [9.17, 15) is 14.9 Å². The molecule has 1 amide bonds. The van der Waals surface area contributed by atoms with Gasteiger partial charge in [-0.25, -0.2) is 0 Å². The maximum Gasteiger partial charge on any atom is 0.316 e. The molecule has 8 nitrogen and oxygen atoms in total. The van der Waals surface area contributed by atoms with E-state index in [0.717, 1.165) is 5.56 Å². The Balaban J connectivity index is 1.91. The maximum absolute atomic E-state index is 12.0. The molecule has 0 spiro atoms. The van der Waals surface area contributed by atoms with Gasteiger partial charge in [-0.2, -0.15) is 5.26 Å². The molecule has 2 aromatic rings. The molecular weight excluding hydrogens is 426 g/mol. The van der Waals surface area contributed by atoms with Crippen LogP contribution in [0.2, 0.25) is 5.02 Å². The second-order valence-electron chi connectivity index (χ2n) is 7.02. The van der Waals surface area contributed by atoms with Gasteiger partial charge in [0, 0.05) is 17.1 Å². The molecule has 10 heteroatoms. The molecule has 0 fully saturated rings. The first-order chi connectivity index (χ1) is 14.2. The number of benzene rings is 1. The Hall–Kier alpha value is -2.57. The van der Waals surface area contributed by atoms with Crippen molar-refractivity contribution in [2.75, 3.05) is 12.4 Å². The number of ether oxygens (including phenoxy) is 1. The van der Waals surface area contributed by atoms with Gasteiger partial charge >= 0.3 is 5.97 Å². The summed E-state index contributed by atoms with van der Waals surface area (Å²) in [5, 5.41) is 21.4. The molecule has 0 radical (unpaired) electrons. The second kappa shape index (κ2) is 10.5. The quantitative estimate of drug-likeness (QED) is 0.461. The van der Waals surface area contributed by atoms with E-state index in [2.05, 4.69) is 21.6 Å². The van der Waals surface area contributed by atoms with Crippen LogP contribution in [0.25, 0.3) is 11.4 Å². The van der Waals surface area contributed by atoms with Gasteiger partial charge in [0.25, 0.3) is 5.91 Å². The third kappa shape index (κ3) is 5.97. The number of aromatic nitrogens is 3. The van der Waals surface area contributed by atoms with Gasteiger partial charge in [0.2, 0.25) is 0 Å². The Morgan fingerprint density at radius 3 is 2.57 bits per heavy atom. The van der Waals surface area contributed by atoms with Gasteiger partial charge in [-0.3, -0.25) is 9.59 Å². The van der Waals surface area contributed by atoms with Crippen molar-refractivity contribution in [3.63, 3.8) is 0 Å². The zero-order valence-corrected chi connectivity index (χ0v) is 18.9. The van der Waals surface area contributed by atoms with Crippen LogP contribution in [0.5, 0.6) is 0 Å². The maximum atomic E-state index is 12.0. The van der Waals surface area contributed by atoms with Crippen LogP contribution in [0.15, 0.2) is 29.4 Å². The van der Waals surface area contributed by atoms with E-state index < -0.39 is 24.0 Å². The number of nitrogens with zero attached hydrogens (tertiary/aromatic N) is 4. The minimum absolute atomic E-state index is 0.0221. The Kier molecular flexibility index (Phi) is 8.26. The fourth-order valence-electron chi connectivity index (χ4n) is 2.43. The van der Waals surface area contributed by atoms with Crippen molar-refractivity contribution in [1.29, 1.82) is 5.26 Å². The third-order valence-corrected chi connectivity index (χ3v) is 5.80. The van der Waals surface area contributed by atoms with Crippen molar-refractivity contribution in [3.05, 3.63) is 29.3 Å². The lowest BCUT2D eigenvalue weighted by atomic mass is 9.90. The average molecular weight is 450 g/mol. The number of halogens is 1. The van der Waals surface area contributed by atoms with Gasteiger partial charge in [-0.05, 0) is 44.0 Å². The lowest BCUT2D eigenvalue weighted by Crippen LogP contribution is -2.50. The van der Waals surface area contributed by atoms with E-state index in [1.54, 1.807) is 19.1 Å². The molecule has 1 heterocycles. The van der Waals surface area contributed by atoms with Gasteiger partial charge in [-0.1, -0.05) is 37.2 Å².